The van der Waals surface area contributed by atoms with Crippen LogP contribution < -0.4 is 9.47 Å². The first-order chi connectivity index (χ1) is 14.9. The van der Waals surface area contributed by atoms with E-state index in [9.17, 15) is 4.79 Å². The van der Waals surface area contributed by atoms with Gasteiger partial charge in [-0.3, -0.25) is 4.79 Å². The quantitative estimate of drug-likeness (QED) is 0.283. The van der Waals surface area contributed by atoms with Crippen LogP contribution >= 0.6 is 22.6 Å². The number of benzene rings is 3. The van der Waals surface area contributed by atoms with Gasteiger partial charge in [-0.1, -0.05) is 24.3 Å². The van der Waals surface area contributed by atoms with Crippen LogP contribution in [0, 0.1) is 17.4 Å². The summed E-state index contributed by atoms with van der Waals surface area (Å²) in [6, 6.07) is 18.8. The van der Waals surface area contributed by atoms with Gasteiger partial charge in [0, 0.05) is 21.1 Å². The lowest BCUT2D eigenvalue weighted by Gasteiger charge is -2.13. The van der Waals surface area contributed by atoms with Crippen molar-refractivity contribution in [3.63, 3.8) is 0 Å². The van der Waals surface area contributed by atoms with Crippen molar-refractivity contribution in [2.75, 3.05) is 13.7 Å². The number of carbonyl (C=O) groups excluding carboxylic acids is 1. The second kappa shape index (κ2) is 9.30. The highest BCUT2D eigenvalue weighted by atomic mass is 127. The Morgan fingerprint density at radius 3 is 2.61 bits per heavy atom. The van der Waals surface area contributed by atoms with E-state index in [-0.39, 0.29) is 11.9 Å². The van der Waals surface area contributed by atoms with Gasteiger partial charge >= 0.3 is 5.97 Å². The van der Waals surface area contributed by atoms with E-state index in [0.717, 1.165) is 22.6 Å². The van der Waals surface area contributed by atoms with Gasteiger partial charge in [-0.2, -0.15) is 0 Å². The standard InChI is InChI=1S/C26H25IO4/c1-16-9-21(27)10-17(2)26(16)19-6-4-5-18(11-19)14-30-22-7-8-23-20(12-25(28)29-3)15-31-24(23)13-22/h4-11,13,20H,12,14-15H2,1-3H3. The Balaban J connectivity index is 1.47. The number of aryl methyl sites for hydroxylation is 2. The van der Waals surface area contributed by atoms with E-state index in [1.807, 2.05) is 18.2 Å². The largest absolute Gasteiger partial charge is 0.492 e. The van der Waals surface area contributed by atoms with Gasteiger partial charge in [-0.25, -0.2) is 0 Å². The molecule has 4 nitrogen and oxygen atoms in total. The zero-order valence-electron chi connectivity index (χ0n) is 17.9. The van der Waals surface area contributed by atoms with Gasteiger partial charge in [0.15, 0.2) is 0 Å². The lowest BCUT2D eigenvalue weighted by molar-refractivity contribution is -0.141. The van der Waals surface area contributed by atoms with Crippen LogP contribution in [0.3, 0.4) is 0 Å². The number of hydrogen-bond donors (Lipinski definition) is 0. The maximum absolute atomic E-state index is 11.6. The summed E-state index contributed by atoms with van der Waals surface area (Å²) in [5, 5.41) is 0. The van der Waals surface area contributed by atoms with Crippen molar-refractivity contribution in [3.05, 3.63) is 80.4 Å². The highest BCUT2D eigenvalue weighted by molar-refractivity contribution is 14.1. The van der Waals surface area contributed by atoms with Gasteiger partial charge in [-0.15, -0.1) is 0 Å². The van der Waals surface area contributed by atoms with Crippen molar-refractivity contribution < 1.29 is 19.0 Å². The van der Waals surface area contributed by atoms with Crippen LogP contribution in [0.1, 0.15) is 34.6 Å². The number of carbonyl (C=O) groups is 1. The number of halogens is 1. The number of rotatable bonds is 6. The minimum atomic E-state index is -0.222. The van der Waals surface area contributed by atoms with Crippen LogP contribution in [-0.4, -0.2) is 19.7 Å². The van der Waals surface area contributed by atoms with Gasteiger partial charge in [-0.05, 0) is 88.5 Å². The molecule has 0 saturated carbocycles. The van der Waals surface area contributed by atoms with E-state index in [1.165, 1.54) is 32.9 Å². The highest BCUT2D eigenvalue weighted by Gasteiger charge is 2.27. The summed E-state index contributed by atoms with van der Waals surface area (Å²) in [5.74, 6) is 1.35. The maximum Gasteiger partial charge on any atom is 0.306 e. The Morgan fingerprint density at radius 1 is 1.10 bits per heavy atom. The van der Waals surface area contributed by atoms with Crippen LogP contribution in [0.4, 0.5) is 0 Å². The molecule has 0 fully saturated rings. The van der Waals surface area contributed by atoms with Crippen molar-refractivity contribution in [1.82, 2.24) is 0 Å². The third-order valence-electron chi connectivity index (χ3n) is 5.62. The number of methoxy groups -OCH3 is 1. The first-order valence-electron chi connectivity index (χ1n) is 10.3. The van der Waals surface area contributed by atoms with Crippen molar-refractivity contribution in [2.45, 2.75) is 32.8 Å². The predicted molar refractivity (Wildman–Crippen MR) is 130 cm³/mol. The van der Waals surface area contributed by atoms with Crippen molar-refractivity contribution in [2.24, 2.45) is 0 Å². The third-order valence-corrected chi connectivity index (χ3v) is 6.25. The summed E-state index contributed by atoms with van der Waals surface area (Å²) in [6.07, 6.45) is 0.327. The number of hydrogen-bond acceptors (Lipinski definition) is 4. The van der Waals surface area contributed by atoms with Crippen LogP contribution in [0.15, 0.2) is 54.6 Å². The maximum atomic E-state index is 11.6. The molecule has 3 aromatic rings. The topological polar surface area (TPSA) is 44.8 Å². The van der Waals surface area contributed by atoms with Crippen LogP contribution in [0.5, 0.6) is 11.5 Å². The summed E-state index contributed by atoms with van der Waals surface area (Å²) in [4.78, 5) is 11.6. The molecule has 5 heteroatoms. The van der Waals surface area contributed by atoms with Crippen LogP contribution in [0.25, 0.3) is 11.1 Å². The first kappa shape index (κ1) is 21.7. The molecule has 0 N–H and O–H groups in total. The van der Waals surface area contributed by atoms with E-state index >= 15 is 0 Å². The number of fused-ring (bicyclic) bond motifs is 1. The molecule has 0 aromatic heterocycles. The molecule has 0 amide bonds. The fraction of sp³-hybridized carbons (Fsp3) is 0.269. The van der Waals surface area contributed by atoms with E-state index in [4.69, 9.17) is 14.2 Å². The molecule has 1 atom stereocenters. The minimum absolute atomic E-state index is 0.0357. The number of esters is 1. The summed E-state index contributed by atoms with van der Waals surface area (Å²) >= 11 is 2.36. The average molecular weight is 528 g/mol. The lowest BCUT2D eigenvalue weighted by Crippen LogP contribution is -2.09. The molecule has 0 aliphatic carbocycles. The lowest BCUT2D eigenvalue weighted by atomic mass is 9.95. The van der Waals surface area contributed by atoms with Gasteiger partial charge in [0.05, 0.1) is 20.1 Å². The van der Waals surface area contributed by atoms with E-state index in [1.54, 1.807) is 0 Å². The van der Waals surface area contributed by atoms with Crippen molar-refractivity contribution >= 4 is 28.6 Å². The molecular formula is C26H25IO4. The molecule has 0 radical (unpaired) electrons. The molecule has 0 bridgehead atoms. The Hall–Kier alpha value is -2.54. The third kappa shape index (κ3) is 4.87. The molecule has 4 rings (SSSR count). The van der Waals surface area contributed by atoms with E-state index in [2.05, 4.69) is 72.8 Å². The van der Waals surface area contributed by atoms with Gasteiger partial charge in [0.2, 0.25) is 0 Å². The highest BCUT2D eigenvalue weighted by Crippen LogP contribution is 2.38. The van der Waals surface area contributed by atoms with E-state index < -0.39 is 0 Å². The molecule has 0 spiro atoms. The predicted octanol–water partition coefficient (Wildman–Crippen LogP) is 6.19. The van der Waals surface area contributed by atoms with Gasteiger partial charge in [0.1, 0.15) is 18.1 Å². The molecule has 1 heterocycles. The molecule has 31 heavy (non-hydrogen) atoms. The molecule has 1 aliphatic rings. The molecule has 1 unspecified atom stereocenters. The monoisotopic (exact) mass is 528 g/mol. The van der Waals surface area contributed by atoms with E-state index in [0.29, 0.717) is 19.6 Å². The second-order valence-electron chi connectivity index (χ2n) is 7.89. The smallest absolute Gasteiger partial charge is 0.306 e. The summed E-state index contributed by atoms with van der Waals surface area (Å²) in [7, 11) is 1.41. The molecule has 0 saturated heterocycles. The molecule has 1 aliphatic heterocycles. The molecule has 160 valence electrons. The van der Waals surface area contributed by atoms with Crippen molar-refractivity contribution in [3.8, 4) is 22.6 Å². The second-order valence-corrected chi connectivity index (χ2v) is 9.14. The Labute approximate surface area is 196 Å². The first-order valence-corrected chi connectivity index (χ1v) is 11.3. The van der Waals surface area contributed by atoms with Gasteiger partial charge < -0.3 is 14.2 Å². The van der Waals surface area contributed by atoms with Crippen LogP contribution in [0.2, 0.25) is 0 Å². The fourth-order valence-electron chi connectivity index (χ4n) is 4.15. The Morgan fingerprint density at radius 2 is 1.87 bits per heavy atom. The number of ether oxygens (including phenoxy) is 3. The fourth-order valence-corrected chi connectivity index (χ4v) is 5.08. The molecule has 3 aromatic carbocycles. The SMILES string of the molecule is COC(=O)CC1COc2cc(OCc3cccc(-c4c(C)cc(I)cc4C)c3)ccc21. The Bertz CT molecular complexity index is 1100. The van der Waals surface area contributed by atoms with Crippen LogP contribution in [-0.2, 0) is 16.1 Å². The Kier molecular flexibility index (Phi) is 6.51. The molecular weight excluding hydrogens is 503 g/mol. The normalized spacial score (nSPS) is 14.6. The zero-order valence-corrected chi connectivity index (χ0v) is 20.1. The zero-order chi connectivity index (χ0) is 22.0. The van der Waals surface area contributed by atoms with Crippen molar-refractivity contribution in [1.29, 1.82) is 0 Å². The summed E-state index contributed by atoms with van der Waals surface area (Å²) in [6.45, 7) is 5.28. The minimum Gasteiger partial charge on any atom is -0.492 e. The summed E-state index contributed by atoms with van der Waals surface area (Å²) in [5.41, 5.74) is 7.18. The average Bonchev–Trinajstić information content (AvgIpc) is 3.13. The summed E-state index contributed by atoms with van der Waals surface area (Å²) < 4.78 is 17.9. The van der Waals surface area contributed by atoms with Gasteiger partial charge in [0.25, 0.3) is 0 Å².